The quantitative estimate of drug-likeness (QED) is 0.879. The molecule has 0 spiro atoms. The number of likely N-dealkylation sites (tertiary alicyclic amines) is 1. The molecule has 1 N–H and O–H groups in total. The van der Waals surface area contributed by atoms with Crippen LogP contribution < -0.4 is 10.1 Å². The largest absolute Gasteiger partial charge is 0.497 e. The Morgan fingerprint density at radius 2 is 2.14 bits per heavy atom. The van der Waals surface area contributed by atoms with Crippen LogP contribution in [0, 0.1) is 0 Å². The van der Waals surface area contributed by atoms with Gasteiger partial charge in [0.1, 0.15) is 5.75 Å². The minimum Gasteiger partial charge on any atom is -0.497 e. The van der Waals surface area contributed by atoms with Crippen molar-refractivity contribution in [2.75, 3.05) is 32.6 Å². The summed E-state index contributed by atoms with van der Waals surface area (Å²) in [6, 6.07) is 6.12. The molecule has 0 saturated carbocycles. The van der Waals surface area contributed by atoms with Crippen LogP contribution in [0.3, 0.4) is 0 Å². The molecule has 5 heteroatoms. The minimum absolute atomic E-state index is 0.381. The molecule has 0 bridgehead atoms. The van der Waals surface area contributed by atoms with Crippen molar-refractivity contribution in [3.63, 3.8) is 0 Å². The van der Waals surface area contributed by atoms with Crippen molar-refractivity contribution in [3.05, 3.63) is 30.0 Å². The lowest BCUT2D eigenvalue weighted by Crippen LogP contribution is -2.36. The normalized spacial score (nSPS) is 16.6. The van der Waals surface area contributed by atoms with Crippen LogP contribution in [0.5, 0.6) is 5.75 Å². The number of nitrogens with one attached hydrogen (secondary N) is 1. The molecule has 1 fully saturated rings. The summed E-state index contributed by atoms with van der Waals surface area (Å²) in [4.78, 5) is 18.1. The second-order valence-corrected chi connectivity index (χ2v) is 5.81. The van der Waals surface area contributed by atoms with Gasteiger partial charge in [-0.2, -0.15) is 0 Å². The first-order chi connectivity index (χ1) is 10.7. The fourth-order valence-electron chi connectivity index (χ4n) is 2.92. The number of pyridine rings is 1. The Morgan fingerprint density at radius 1 is 1.36 bits per heavy atom. The molecule has 1 aromatic heterocycles. The Balaban J connectivity index is 1.99. The summed E-state index contributed by atoms with van der Waals surface area (Å²) in [6.45, 7) is 2.14. The van der Waals surface area contributed by atoms with Crippen LogP contribution in [0.15, 0.2) is 24.4 Å². The molecule has 0 amide bonds. The number of anilines is 1. The van der Waals surface area contributed by atoms with Gasteiger partial charge in [-0.3, -0.25) is 9.78 Å². The molecule has 116 valence electrons. The minimum atomic E-state index is 0.381. The number of piperidine rings is 1. The van der Waals surface area contributed by atoms with Gasteiger partial charge in [0.2, 0.25) is 0 Å². The molecule has 2 aromatic rings. The predicted molar refractivity (Wildman–Crippen MR) is 87.8 cm³/mol. The molecule has 1 aromatic carbocycles. The number of benzene rings is 1. The summed E-state index contributed by atoms with van der Waals surface area (Å²) in [5.74, 6) is 0.767. The van der Waals surface area contributed by atoms with Gasteiger partial charge in [-0.1, -0.05) is 0 Å². The third-order valence-corrected chi connectivity index (χ3v) is 4.30. The number of aldehydes is 1. The van der Waals surface area contributed by atoms with E-state index in [9.17, 15) is 4.79 Å². The van der Waals surface area contributed by atoms with Gasteiger partial charge in [-0.05, 0) is 51.2 Å². The van der Waals surface area contributed by atoms with Crippen LogP contribution in [0.2, 0.25) is 0 Å². The van der Waals surface area contributed by atoms with E-state index in [1.165, 1.54) is 0 Å². The lowest BCUT2D eigenvalue weighted by atomic mass is 10.0. The zero-order chi connectivity index (χ0) is 15.5. The van der Waals surface area contributed by atoms with Crippen LogP contribution in [0.25, 0.3) is 10.9 Å². The Hall–Kier alpha value is -2.14. The molecule has 5 nitrogen and oxygen atoms in total. The van der Waals surface area contributed by atoms with Gasteiger partial charge in [-0.15, -0.1) is 0 Å². The van der Waals surface area contributed by atoms with Crippen LogP contribution in [-0.4, -0.2) is 49.5 Å². The highest BCUT2D eigenvalue weighted by molar-refractivity contribution is 6.00. The number of carbonyl (C=O) groups is 1. The Bertz CT molecular complexity index is 679. The summed E-state index contributed by atoms with van der Waals surface area (Å²) >= 11 is 0. The van der Waals surface area contributed by atoms with E-state index in [4.69, 9.17) is 4.74 Å². The number of ether oxygens (including phenoxy) is 1. The molecule has 22 heavy (non-hydrogen) atoms. The smallest absolute Gasteiger partial charge is 0.153 e. The Kier molecular flexibility index (Phi) is 4.24. The maximum absolute atomic E-state index is 11.4. The average Bonchev–Trinajstić information content (AvgIpc) is 2.56. The third-order valence-electron chi connectivity index (χ3n) is 4.30. The van der Waals surface area contributed by atoms with E-state index in [1.54, 1.807) is 13.3 Å². The fourth-order valence-corrected chi connectivity index (χ4v) is 2.92. The summed E-state index contributed by atoms with van der Waals surface area (Å²) in [7, 11) is 3.78. The highest BCUT2D eigenvalue weighted by Gasteiger charge is 2.19. The highest BCUT2D eigenvalue weighted by Crippen LogP contribution is 2.30. The van der Waals surface area contributed by atoms with Crippen molar-refractivity contribution in [2.24, 2.45) is 0 Å². The summed E-state index contributed by atoms with van der Waals surface area (Å²) in [5, 5.41) is 4.49. The average molecular weight is 299 g/mol. The van der Waals surface area contributed by atoms with Crippen molar-refractivity contribution in [1.82, 2.24) is 9.88 Å². The van der Waals surface area contributed by atoms with Crippen LogP contribution >= 0.6 is 0 Å². The number of nitrogens with zero attached hydrogens (tertiary/aromatic N) is 2. The number of hydrogen-bond donors (Lipinski definition) is 1. The molecule has 0 atom stereocenters. The van der Waals surface area contributed by atoms with E-state index in [2.05, 4.69) is 22.2 Å². The van der Waals surface area contributed by atoms with Crippen molar-refractivity contribution in [2.45, 2.75) is 18.9 Å². The number of carbonyl (C=O) groups excluding carboxylic acids is 1. The van der Waals surface area contributed by atoms with Crippen LogP contribution in [0.1, 0.15) is 23.2 Å². The Morgan fingerprint density at radius 3 is 2.82 bits per heavy atom. The SMILES string of the molecule is COc1ccc2ncc(C=O)c(NC3CCN(C)CC3)c2c1. The van der Waals surface area contributed by atoms with Gasteiger partial charge in [0.05, 0.1) is 23.9 Å². The molecule has 0 unspecified atom stereocenters. The lowest BCUT2D eigenvalue weighted by Gasteiger charge is -2.30. The third kappa shape index (κ3) is 2.90. The Labute approximate surface area is 130 Å². The molecule has 1 saturated heterocycles. The monoisotopic (exact) mass is 299 g/mol. The number of rotatable bonds is 4. The summed E-state index contributed by atoms with van der Waals surface area (Å²) < 4.78 is 5.30. The van der Waals surface area contributed by atoms with E-state index in [-0.39, 0.29) is 0 Å². The molecular formula is C17H21N3O2. The number of methoxy groups -OCH3 is 1. The second-order valence-electron chi connectivity index (χ2n) is 5.81. The van der Waals surface area contributed by atoms with E-state index in [1.807, 2.05) is 18.2 Å². The molecule has 1 aliphatic heterocycles. The van der Waals surface area contributed by atoms with Gasteiger partial charge in [0.15, 0.2) is 6.29 Å². The lowest BCUT2D eigenvalue weighted by molar-refractivity contribution is 0.112. The van der Waals surface area contributed by atoms with E-state index in [0.717, 1.165) is 54.6 Å². The summed E-state index contributed by atoms with van der Waals surface area (Å²) in [6.07, 6.45) is 4.65. The van der Waals surface area contributed by atoms with Crippen molar-refractivity contribution in [3.8, 4) is 5.75 Å². The van der Waals surface area contributed by atoms with Gasteiger partial charge in [0.25, 0.3) is 0 Å². The van der Waals surface area contributed by atoms with Gasteiger partial charge >= 0.3 is 0 Å². The van der Waals surface area contributed by atoms with Crippen molar-refractivity contribution < 1.29 is 9.53 Å². The first-order valence-electron chi connectivity index (χ1n) is 7.58. The molecule has 3 rings (SSSR count). The van der Waals surface area contributed by atoms with Gasteiger partial charge in [0, 0.05) is 17.6 Å². The van der Waals surface area contributed by atoms with Gasteiger partial charge in [-0.25, -0.2) is 0 Å². The maximum Gasteiger partial charge on any atom is 0.153 e. The molecule has 0 radical (unpaired) electrons. The molecule has 2 heterocycles. The number of fused-ring (bicyclic) bond motifs is 1. The molecule has 1 aliphatic rings. The number of hydrogen-bond acceptors (Lipinski definition) is 5. The zero-order valence-electron chi connectivity index (χ0n) is 13.0. The van der Waals surface area contributed by atoms with E-state index < -0.39 is 0 Å². The van der Waals surface area contributed by atoms with Crippen molar-refractivity contribution >= 4 is 22.9 Å². The van der Waals surface area contributed by atoms with Crippen LogP contribution in [-0.2, 0) is 0 Å². The fraction of sp³-hybridized carbons (Fsp3) is 0.412. The van der Waals surface area contributed by atoms with E-state index in [0.29, 0.717) is 11.6 Å². The molecular weight excluding hydrogens is 278 g/mol. The zero-order valence-corrected chi connectivity index (χ0v) is 13.0. The first kappa shape index (κ1) is 14.8. The first-order valence-corrected chi connectivity index (χ1v) is 7.58. The second kappa shape index (κ2) is 6.32. The van der Waals surface area contributed by atoms with Crippen LogP contribution in [0.4, 0.5) is 5.69 Å². The summed E-state index contributed by atoms with van der Waals surface area (Å²) in [5.41, 5.74) is 2.33. The standard InChI is InChI=1S/C17H21N3O2/c1-20-7-5-13(6-8-20)19-17-12(11-21)10-18-16-4-3-14(22-2)9-15(16)17/h3-4,9-11,13H,5-8H2,1-2H3,(H,18,19). The van der Waals surface area contributed by atoms with E-state index >= 15 is 0 Å². The predicted octanol–water partition coefficient (Wildman–Crippen LogP) is 2.56. The number of aromatic nitrogens is 1. The molecule has 0 aliphatic carbocycles. The highest BCUT2D eigenvalue weighted by atomic mass is 16.5. The van der Waals surface area contributed by atoms with Crippen molar-refractivity contribution in [1.29, 1.82) is 0 Å². The van der Waals surface area contributed by atoms with Gasteiger partial charge < -0.3 is 15.0 Å². The topological polar surface area (TPSA) is 54.5 Å². The maximum atomic E-state index is 11.4.